The van der Waals surface area contributed by atoms with Crippen LogP contribution in [0.4, 0.5) is 0 Å². The molecule has 3 rings (SSSR count). The average Bonchev–Trinajstić information content (AvgIpc) is 3.20. The van der Waals surface area contributed by atoms with Crippen molar-refractivity contribution in [2.75, 3.05) is 14.2 Å². The van der Waals surface area contributed by atoms with E-state index in [0.717, 1.165) is 10.4 Å². The molecule has 1 N–H and O–H groups in total. The van der Waals surface area contributed by atoms with Gasteiger partial charge in [0.1, 0.15) is 11.5 Å². The first-order valence-electron chi connectivity index (χ1n) is 7.83. The number of rotatable bonds is 6. The second-order valence-electron chi connectivity index (χ2n) is 5.43. The van der Waals surface area contributed by atoms with Crippen LogP contribution in [0.25, 0.3) is 0 Å². The predicted octanol–water partition coefficient (Wildman–Crippen LogP) is 4.28. The molecule has 128 valence electrons. The van der Waals surface area contributed by atoms with Crippen molar-refractivity contribution in [3.63, 3.8) is 0 Å². The van der Waals surface area contributed by atoms with Gasteiger partial charge in [-0.15, -0.1) is 11.3 Å². The topological polar surface area (TPSA) is 47.6 Å². The van der Waals surface area contributed by atoms with Gasteiger partial charge < -0.3 is 14.8 Å². The highest BCUT2D eigenvalue weighted by molar-refractivity contribution is 7.10. The molecule has 1 atom stereocenters. The Balaban J connectivity index is 1.91. The summed E-state index contributed by atoms with van der Waals surface area (Å²) in [6.45, 7) is 0. The van der Waals surface area contributed by atoms with Crippen molar-refractivity contribution in [3.8, 4) is 11.5 Å². The van der Waals surface area contributed by atoms with Gasteiger partial charge in [0.25, 0.3) is 5.91 Å². The molecular weight excluding hydrogens is 334 g/mol. The molecule has 0 spiro atoms. The molecule has 0 aliphatic heterocycles. The maximum Gasteiger partial charge on any atom is 0.252 e. The lowest BCUT2D eigenvalue weighted by Gasteiger charge is -2.18. The van der Waals surface area contributed by atoms with Crippen molar-refractivity contribution >= 4 is 17.2 Å². The molecule has 0 bridgehead atoms. The van der Waals surface area contributed by atoms with Crippen molar-refractivity contribution in [3.05, 3.63) is 82.0 Å². The number of hydrogen-bond donors (Lipinski definition) is 1. The summed E-state index contributed by atoms with van der Waals surface area (Å²) in [7, 11) is 3.13. The number of ether oxygens (including phenoxy) is 2. The quantitative estimate of drug-likeness (QED) is 0.719. The monoisotopic (exact) mass is 353 g/mol. The molecule has 4 nitrogen and oxygen atoms in total. The third kappa shape index (κ3) is 4.00. The van der Waals surface area contributed by atoms with E-state index in [0.29, 0.717) is 17.1 Å². The number of benzene rings is 2. The molecule has 0 aliphatic rings. The molecular formula is C20H19NO3S. The van der Waals surface area contributed by atoms with E-state index < -0.39 is 0 Å². The summed E-state index contributed by atoms with van der Waals surface area (Å²) in [6.07, 6.45) is 0. The highest BCUT2D eigenvalue weighted by Crippen LogP contribution is 2.27. The minimum Gasteiger partial charge on any atom is -0.497 e. The fourth-order valence-corrected chi connectivity index (χ4v) is 3.38. The highest BCUT2D eigenvalue weighted by atomic mass is 32.1. The van der Waals surface area contributed by atoms with Crippen molar-refractivity contribution < 1.29 is 14.3 Å². The first-order chi connectivity index (χ1) is 12.2. The lowest BCUT2D eigenvalue weighted by molar-refractivity contribution is 0.0943. The van der Waals surface area contributed by atoms with Gasteiger partial charge in [-0.1, -0.05) is 36.4 Å². The Bertz CT molecular complexity index is 809. The van der Waals surface area contributed by atoms with Crippen molar-refractivity contribution in [1.82, 2.24) is 5.32 Å². The van der Waals surface area contributed by atoms with Crippen LogP contribution in [0.3, 0.4) is 0 Å². The number of thiophene rings is 1. The van der Waals surface area contributed by atoms with Crippen LogP contribution >= 0.6 is 11.3 Å². The summed E-state index contributed by atoms with van der Waals surface area (Å²) in [6, 6.07) is 18.9. The summed E-state index contributed by atoms with van der Waals surface area (Å²) in [5.41, 5.74) is 1.53. The van der Waals surface area contributed by atoms with E-state index in [2.05, 4.69) is 5.32 Å². The summed E-state index contributed by atoms with van der Waals surface area (Å²) in [5.74, 6) is 0.980. The molecule has 0 saturated carbocycles. The van der Waals surface area contributed by atoms with Gasteiger partial charge in [0.15, 0.2) is 0 Å². The van der Waals surface area contributed by atoms with Gasteiger partial charge in [-0.05, 0) is 29.1 Å². The van der Waals surface area contributed by atoms with Gasteiger partial charge in [-0.3, -0.25) is 4.79 Å². The zero-order valence-corrected chi connectivity index (χ0v) is 14.9. The van der Waals surface area contributed by atoms with Crippen LogP contribution in [0.15, 0.2) is 66.0 Å². The second kappa shape index (κ2) is 7.85. The Kier molecular flexibility index (Phi) is 5.36. The SMILES string of the molecule is COc1cc(OC)cc(C(=O)N[C@@H](c2ccccc2)c2cccs2)c1. The summed E-state index contributed by atoms with van der Waals surface area (Å²) >= 11 is 1.61. The summed E-state index contributed by atoms with van der Waals surface area (Å²) < 4.78 is 10.5. The van der Waals surface area contributed by atoms with Gasteiger partial charge in [-0.2, -0.15) is 0 Å². The van der Waals surface area contributed by atoms with E-state index in [-0.39, 0.29) is 11.9 Å². The number of amides is 1. The van der Waals surface area contributed by atoms with E-state index in [1.807, 2.05) is 47.8 Å². The number of hydrogen-bond acceptors (Lipinski definition) is 4. The Labute approximate surface area is 151 Å². The fourth-order valence-electron chi connectivity index (χ4n) is 2.57. The number of carbonyl (C=O) groups is 1. The molecule has 0 aliphatic carbocycles. The van der Waals surface area contributed by atoms with E-state index in [1.54, 1.807) is 43.8 Å². The minimum atomic E-state index is -0.203. The molecule has 5 heteroatoms. The van der Waals surface area contributed by atoms with Gasteiger partial charge in [-0.25, -0.2) is 0 Å². The second-order valence-corrected chi connectivity index (χ2v) is 6.41. The van der Waals surface area contributed by atoms with Crippen LogP contribution in [0.2, 0.25) is 0 Å². The molecule has 1 aromatic heterocycles. The highest BCUT2D eigenvalue weighted by Gasteiger charge is 2.19. The smallest absolute Gasteiger partial charge is 0.252 e. The molecule has 3 aromatic rings. The first-order valence-corrected chi connectivity index (χ1v) is 8.71. The third-order valence-corrected chi connectivity index (χ3v) is 4.79. The van der Waals surface area contributed by atoms with E-state index in [1.165, 1.54) is 0 Å². The first kappa shape index (κ1) is 17.0. The Morgan fingerprint density at radius 1 is 0.960 bits per heavy atom. The van der Waals surface area contributed by atoms with Crippen LogP contribution in [0.5, 0.6) is 11.5 Å². The largest absolute Gasteiger partial charge is 0.497 e. The van der Waals surface area contributed by atoms with Crippen molar-refractivity contribution in [2.45, 2.75) is 6.04 Å². The Morgan fingerprint density at radius 3 is 2.20 bits per heavy atom. The minimum absolute atomic E-state index is 0.181. The maximum absolute atomic E-state index is 12.8. The maximum atomic E-state index is 12.8. The summed E-state index contributed by atoms with van der Waals surface area (Å²) in [4.78, 5) is 13.9. The van der Waals surface area contributed by atoms with Crippen molar-refractivity contribution in [1.29, 1.82) is 0 Å². The van der Waals surface area contributed by atoms with Gasteiger partial charge in [0, 0.05) is 16.5 Å². The van der Waals surface area contributed by atoms with Gasteiger partial charge in [0.05, 0.1) is 20.3 Å². The molecule has 1 amide bonds. The molecule has 0 unspecified atom stereocenters. The molecule has 2 aromatic carbocycles. The molecule has 1 heterocycles. The third-order valence-electron chi connectivity index (χ3n) is 3.85. The zero-order valence-electron chi connectivity index (χ0n) is 14.1. The Hall–Kier alpha value is -2.79. The van der Waals surface area contributed by atoms with Crippen LogP contribution in [-0.4, -0.2) is 20.1 Å². The van der Waals surface area contributed by atoms with Gasteiger partial charge >= 0.3 is 0 Å². The molecule has 0 saturated heterocycles. The molecule has 0 fully saturated rings. The fraction of sp³-hybridized carbons (Fsp3) is 0.150. The van der Waals surface area contributed by atoms with E-state index in [9.17, 15) is 4.79 Å². The standard InChI is InChI=1S/C20H19NO3S/c1-23-16-11-15(12-17(13-16)24-2)20(22)21-19(18-9-6-10-25-18)14-7-4-3-5-8-14/h3-13,19H,1-2H3,(H,21,22)/t19-/m0/s1. The van der Waals surface area contributed by atoms with Crippen molar-refractivity contribution in [2.24, 2.45) is 0 Å². The lowest BCUT2D eigenvalue weighted by atomic mass is 10.0. The van der Waals surface area contributed by atoms with Crippen LogP contribution in [0.1, 0.15) is 26.8 Å². The molecule has 0 radical (unpaired) electrons. The predicted molar refractivity (Wildman–Crippen MR) is 99.6 cm³/mol. The van der Waals surface area contributed by atoms with Gasteiger partial charge in [0.2, 0.25) is 0 Å². The normalized spacial score (nSPS) is 11.6. The van der Waals surface area contributed by atoms with Crippen LogP contribution in [0, 0.1) is 0 Å². The average molecular weight is 353 g/mol. The van der Waals surface area contributed by atoms with Crippen LogP contribution < -0.4 is 14.8 Å². The number of carbonyl (C=O) groups excluding carboxylic acids is 1. The molecule has 25 heavy (non-hydrogen) atoms. The van der Waals surface area contributed by atoms with E-state index in [4.69, 9.17) is 9.47 Å². The Morgan fingerprint density at radius 2 is 1.64 bits per heavy atom. The number of nitrogens with one attached hydrogen (secondary N) is 1. The zero-order chi connectivity index (χ0) is 17.6. The van der Waals surface area contributed by atoms with Crippen LogP contribution in [-0.2, 0) is 0 Å². The van der Waals surface area contributed by atoms with E-state index >= 15 is 0 Å². The summed E-state index contributed by atoms with van der Waals surface area (Å²) in [5, 5.41) is 5.12. The lowest BCUT2D eigenvalue weighted by Crippen LogP contribution is -2.28. The number of methoxy groups -OCH3 is 2.